The zero-order valence-corrected chi connectivity index (χ0v) is 64.3. The number of benzene rings is 6. The minimum atomic E-state index is -4.26. The number of aliphatic hydroxyl groups is 1. The molecule has 6 unspecified atom stereocenters. The predicted molar refractivity (Wildman–Crippen MR) is 404 cm³/mol. The van der Waals surface area contributed by atoms with Crippen LogP contribution in [0, 0.1) is 0 Å². The SMILES string of the molecule is CCOC1CC(c2ccccc2)OC2(CCN(C(=O)c3ccc(COCCC(F)(F)F)c(OC)c3)CC2)C1.CCOC1CC(c2ccccc2)OC2(CCN(C(=O)c3ccc(OCC(C)(C)F)c(OC)c3)CC2)C1.CCOC1CC(c2ccccc2)OC2(CCN(C(=O)c3ccc(OCC(C)(C)O)cc3)CC2)C1. The van der Waals surface area contributed by atoms with Crippen LogP contribution in [0.3, 0.4) is 0 Å². The standard InChI is InChI=1S/C29H36F3NO5.C29H38FNO5.C28H37NO5/c1-3-37-24-18-26(21-7-5-4-6-8-21)38-28(19-24)11-14-33(15-12-28)27(34)22-9-10-23(25(17-22)35-2)20-36-16-13-29(30,31)32;1-5-34-23-18-25(21-9-7-6-8-10-21)36-29(19-23)13-15-31(16-14-29)27(32)22-11-12-24(26(17-22)33-4)35-20-28(2,3)30;1-4-32-24-18-25(21-8-6-5-7-9-21)34-28(19-24)14-16-29(17-15-28)26(30)22-10-12-23(13-11-22)33-20-27(2,3)31/h4-10,17,24,26H,3,11-16,18-20H2,1-2H3;6-12,17,23,25H,5,13-16,18-20H2,1-4H3;5-13,24-25,31H,4,14-20H2,1-3H3. The van der Waals surface area contributed by atoms with Crippen molar-refractivity contribution in [3.8, 4) is 23.0 Å². The van der Waals surface area contributed by atoms with E-state index in [-0.39, 0.29) is 91.0 Å². The van der Waals surface area contributed by atoms with Crippen molar-refractivity contribution in [1.82, 2.24) is 14.7 Å². The van der Waals surface area contributed by atoms with Gasteiger partial charge in [0, 0.05) is 120 Å². The van der Waals surface area contributed by atoms with Gasteiger partial charge in [0.2, 0.25) is 0 Å². The zero-order valence-electron chi connectivity index (χ0n) is 64.3. The lowest BCUT2D eigenvalue weighted by atomic mass is 9.80. The van der Waals surface area contributed by atoms with Crippen LogP contribution in [-0.2, 0) is 39.8 Å². The highest BCUT2D eigenvalue weighted by Gasteiger charge is 2.49. The zero-order chi connectivity index (χ0) is 77.1. The van der Waals surface area contributed by atoms with Gasteiger partial charge in [0.25, 0.3) is 17.7 Å². The number of halogens is 4. The molecule has 6 aromatic rings. The lowest BCUT2D eigenvalue weighted by Crippen LogP contribution is -2.52. The van der Waals surface area contributed by atoms with Crippen LogP contribution in [0.1, 0.15) is 204 Å². The van der Waals surface area contributed by atoms with Crippen molar-refractivity contribution in [2.45, 2.75) is 209 Å². The third-order valence-corrected chi connectivity index (χ3v) is 21.0. The number of piperidine rings is 3. The van der Waals surface area contributed by atoms with Crippen LogP contribution in [0.15, 0.2) is 152 Å². The summed E-state index contributed by atoms with van der Waals surface area (Å²) in [5, 5.41) is 9.82. The van der Waals surface area contributed by atoms with E-state index in [0.29, 0.717) is 117 Å². The number of ether oxygens (including phenoxy) is 11. The molecule has 588 valence electrons. The van der Waals surface area contributed by atoms with E-state index in [4.69, 9.17) is 52.1 Å². The van der Waals surface area contributed by atoms with Crippen LogP contribution in [0.4, 0.5) is 17.6 Å². The molecular weight excluding hydrogens is 1390 g/mol. The van der Waals surface area contributed by atoms with E-state index in [9.17, 15) is 37.1 Å². The molecule has 3 amide bonds. The first kappa shape index (κ1) is 82.8. The van der Waals surface area contributed by atoms with Gasteiger partial charge >= 0.3 is 6.18 Å². The lowest BCUT2D eigenvalue weighted by molar-refractivity contribution is -0.191. The van der Waals surface area contributed by atoms with E-state index in [2.05, 4.69) is 48.5 Å². The summed E-state index contributed by atoms with van der Waals surface area (Å²) in [6.07, 6.45) is 4.72. The number of nitrogens with zero attached hydrogens (tertiary/aromatic N) is 3. The Morgan fingerprint density at radius 1 is 0.472 bits per heavy atom. The summed E-state index contributed by atoms with van der Waals surface area (Å²) < 4.78 is 116. The van der Waals surface area contributed by atoms with Crippen molar-refractivity contribution in [1.29, 1.82) is 0 Å². The van der Waals surface area contributed by atoms with E-state index in [1.807, 2.05) is 77.9 Å². The van der Waals surface area contributed by atoms with Gasteiger partial charge in [-0.15, -0.1) is 0 Å². The van der Waals surface area contributed by atoms with Crippen molar-refractivity contribution < 1.29 is 89.2 Å². The highest BCUT2D eigenvalue weighted by molar-refractivity contribution is 5.96. The van der Waals surface area contributed by atoms with E-state index >= 15 is 0 Å². The maximum Gasteiger partial charge on any atom is 0.391 e. The van der Waals surface area contributed by atoms with Gasteiger partial charge < -0.3 is 71.9 Å². The Labute approximate surface area is 634 Å². The summed E-state index contributed by atoms with van der Waals surface area (Å²) in [7, 11) is 2.98. The molecule has 6 saturated heterocycles. The number of methoxy groups -OCH3 is 2. The molecule has 6 aromatic carbocycles. The largest absolute Gasteiger partial charge is 0.496 e. The summed E-state index contributed by atoms with van der Waals surface area (Å²) in [6.45, 7) is 17.7. The molecule has 22 heteroatoms. The monoisotopic (exact) mass is 1500 g/mol. The highest BCUT2D eigenvalue weighted by Crippen LogP contribution is 2.48. The molecule has 0 bridgehead atoms. The molecule has 6 fully saturated rings. The minimum Gasteiger partial charge on any atom is -0.496 e. The van der Waals surface area contributed by atoms with E-state index in [1.54, 1.807) is 74.5 Å². The quantitative estimate of drug-likeness (QED) is 0.0446. The fraction of sp³-hybridized carbons (Fsp3) is 0.547. The van der Waals surface area contributed by atoms with Crippen LogP contribution in [0.5, 0.6) is 23.0 Å². The second-order valence-electron chi connectivity index (χ2n) is 30.5. The first-order valence-corrected chi connectivity index (χ1v) is 38.4. The van der Waals surface area contributed by atoms with Crippen molar-refractivity contribution in [2.75, 3.05) is 93.1 Å². The summed E-state index contributed by atoms with van der Waals surface area (Å²) in [5.74, 6) is 1.75. The van der Waals surface area contributed by atoms with Gasteiger partial charge in [0.1, 0.15) is 30.4 Å². The summed E-state index contributed by atoms with van der Waals surface area (Å²) in [6, 6.07) is 48.1. The van der Waals surface area contributed by atoms with E-state index in [0.717, 1.165) is 69.8 Å². The molecule has 6 heterocycles. The minimum absolute atomic E-state index is 0.00939. The number of alkyl halides is 4. The Morgan fingerprint density at radius 3 is 1.20 bits per heavy atom. The first-order valence-electron chi connectivity index (χ1n) is 38.4. The highest BCUT2D eigenvalue weighted by atomic mass is 19.4. The molecule has 0 radical (unpaired) electrons. The van der Waals surface area contributed by atoms with Gasteiger partial charge in [0.15, 0.2) is 11.5 Å². The number of likely N-dealkylation sites (tertiary alicyclic amines) is 3. The summed E-state index contributed by atoms with van der Waals surface area (Å²) in [5.41, 5.74) is 2.46. The molecule has 18 nitrogen and oxygen atoms in total. The maximum atomic E-state index is 13.9. The average molecular weight is 1500 g/mol. The number of carbonyl (C=O) groups is 3. The van der Waals surface area contributed by atoms with Crippen molar-refractivity contribution in [2.24, 2.45) is 0 Å². The second kappa shape index (κ2) is 37.8. The Hall–Kier alpha value is -7.67. The molecule has 0 aromatic heterocycles. The Bertz CT molecular complexity index is 3780. The van der Waals surface area contributed by atoms with Gasteiger partial charge in [-0.05, 0) is 158 Å². The van der Waals surface area contributed by atoms with Crippen LogP contribution in [0.25, 0.3) is 0 Å². The molecule has 12 rings (SSSR count). The van der Waals surface area contributed by atoms with Crippen molar-refractivity contribution in [3.63, 3.8) is 0 Å². The fourth-order valence-electron chi connectivity index (χ4n) is 15.5. The third-order valence-electron chi connectivity index (χ3n) is 21.0. The lowest BCUT2D eigenvalue weighted by Gasteiger charge is -2.48. The van der Waals surface area contributed by atoms with Gasteiger partial charge in [-0.25, -0.2) is 4.39 Å². The van der Waals surface area contributed by atoms with Gasteiger partial charge in [0.05, 0.1) is 92.9 Å². The average Bonchev–Trinajstić information content (AvgIpc) is 0.788. The molecule has 0 aliphatic carbocycles. The molecule has 6 atom stereocenters. The smallest absolute Gasteiger partial charge is 0.391 e. The number of amides is 3. The topological polar surface area (TPSA) is 183 Å². The molecule has 1 N–H and O–H groups in total. The molecular formula is C86H111F4N3O15. The van der Waals surface area contributed by atoms with Crippen LogP contribution in [-0.4, -0.2) is 183 Å². The third kappa shape index (κ3) is 23.4. The molecule has 108 heavy (non-hydrogen) atoms. The summed E-state index contributed by atoms with van der Waals surface area (Å²) in [4.78, 5) is 45.4. The number of hydrogen-bond acceptors (Lipinski definition) is 15. The number of carbonyl (C=O) groups excluding carboxylic acids is 3. The molecule has 3 spiro atoms. The van der Waals surface area contributed by atoms with Crippen molar-refractivity contribution in [3.05, 3.63) is 191 Å². The number of hydrogen-bond donors (Lipinski definition) is 1. The van der Waals surface area contributed by atoms with Crippen LogP contribution in [0.2, 0.25) is 0 Å². The molecule has 0 saturated carbocycles. The maximum absolute atomic E-state index is 13.9. The Balaban J connectivity index is 0.000000173. The number of rotatable bonds is 24. The van der Waals surface area contributed by atoms with Gasteiger partial charge in [-0.1, -0.05) is 97.1 Å². The van der Waals surface area contributed by atoms with Crippen LogP contribution < -0.4 is 18.9 Å². The van der Waals surface area contributed by atoms with Gasteiger partial charge in [-0.3, -0.25) is 14.4 Å². The summed E-state index contributed by atoms with van der Waals surface area (Å²) >= 11 is 0. The Kier molecular flexibility index (Phi) is 29.0. The van der Waals surface area contributed by atoms with E-state index < -0.39 is 30.5 Å². The van der Waals surface area contributed by atoms with Crippen molar-refractivity contribution >= 4 is 17.7 Å². The first-order chi connectivity index (χ1) is 51.7. The van der Waals surface area contributed by atoms with E-state index in [1.165, 1.54) is 39.2 Å². The van der Waals surface area contributed by atoms with Crippen LogP contribution >= 0.6 is 0 Å². The molecule has 6 aliphatic rings. The van der Waals surface area contributed by atoms with Gasteiger partial charge in [-0.2, -0.15) is 13.2 Å². The normalized spacial score (nSPS) is 21.9. The fourth-order valence-corrected chi connectivity index (χ4v) is 15.5. The second-order valence-corrected chi connectivity index (χ2v) is 30.5. The molecule has 6 aliphatic heterocycles. The predicted octanol–water partition coefficient (Wildman–Crippen LogP) is 16.6. The Morgan fingerprint density at radius 2 is 0.843 bits per heavy atom.